The van der Waals surface area contributed by atoms with Gasteiger partial charge in [0.25, 0.3) is 0 Å². The van der Waals surface area contributed by atoms with Crippen molar-refractivity contribution in [3.05, 3.63) is 35.4 Å². The Morgan fingerprint density at radius 3 is 2.82 bits per heavy atom. The fraction of sp³-hybridized carbons (Fsp3) is 0.611. The first kappa shape index (κ1) is 15.5. The summed E-state index contributed by atoms with van der Waals surface area (Å²) in [7, 11) is 0. The number of amides is 1. The number of nitrogens with two attached hydrogens (primary N) is 1. The SMILES string of the molecule is CC1(C)[C@@H](O)C[C@]1(N)C(=O)NCC1CCCc2ccccc21. The van der Waals surface area contributed by atoms with Crippen LogP contribution >= 0.6 is 0 Å². The van der Waals surface area contributed by atoms with Gasteiger partial charge in [-0.15, -0.1) is 0 Å². The molecule has 0 spiro atoms. The third kappa shape index (κ3) is 2.25. The molecule has 0 aliphatic heterocycles. The monoisotopic (exact) mass is 302 g/mol. The summed E-state index contributed by atoms with van der Waals surface area (Å²) >= 11 is 0. The maximum absolute atomic E-state index is 12.5. The highest BCUT2D eigenvalue weighted by Crippen LogP contribution is 2.48. The van der Waals surface area contributed by atoms with Crippen LogP contribution in [0.15, 0.2) is 24.3 Å². The molecule has 1 amide bonds. The lowest BCUT2D eigenvalue weighted by molar-refractivity contribution is -0.158. The zero-order valence-corrected chi connectivity index (χ0v) is 13.4. The summed E-state index contributed by atoms with van der Waals surface area (Å²) in [5, 5.41) is 12.9. The number of nitrogens with one attached hydrogen (secondary N) is 1. The Bertz CT molecular complexity index is 584. The number of rotatable bonds is 3. The Morgan fingerprint density at radius 2 is 2.14 bits per heavy atom. The second-order valence-electron chi connectivity index (χ2n) is 7.41. The van der Waals surface area contributed by atoms with Crippen molar-refractivity contribution in [3.8, 4) is 0 Å². The van der Waals surface area contributed by atoms with E-state index in [1.807, 2.05) is 13.8 Å². The lowest BCUT2D eigenvalue weighted by Gasteiger charge is -2.56. The summed E-state index contributed by atoms with van der Waals surface area (Å²) in [6, 6.07) is 8.49. The number of aliphatic hydroxyl groups excluding tert-OH is 1. The lowest BCUT2D eigenvalue weighted by atomic mass is 9.54. The first-order valence-corrected chi connectivity index (χ1v) is 8.19. The van der Waals surface area contributed by atoms with E-state index in [-0.39, 0.29) is 5.91 Å². The number of hydrogen-bond acceptors (Lipinski definition) is 3. The molecule has 0 saturated heterocycles. The molecule has 3 rings (SSSR count). The molecule has 1 aromatic carbocycles. The third-order valence-electron chi connectivity index (χ3n) is 5.91. The molecule has 120 valence electrons. The highest BCUT2D eigenvalue weighted by atomic mass is 16.3. The molecule has 2 aliphatic rings. The number of aliphatic hydroxyl groups is 1. The van der Waals surface area contributed by atoms with E-state index in [0.29, 0.717) is 18.9 Å². The van der Waals surface area contributed by atoms with E-state index in [4.69, 9.17) is 5.73 Å². The smallest absolute Gasteiger partial charge is 0.240 e. The van der Waals surface area contributed by atoms with Gasteiger partial charge in [0, 0.05) is 24.3 Å². The maximum Gasteiger partial charge on any atom is 0.240 e. The van der Waals surface area contributed by atoms with E-state index in [1.165, 1.54) is 11.1 Å². The summed E-state index contributed by atoms with van der Waals surface area (Å²) in [5.74, 6) is 0.233. The molecular formula is C18H26N2O2. The van der Waals surface area contributed by atoms with Crippen LogP contribution in [0.4, 0.5) is 0 Å². The van der Waals surface area contributed by atoms with Crippen LogP contribution < -0.4 is 11.1 Å². The van der Waals surface area contributed by atoms with Gasteiger partial charge in [0.1, 0.15) is 5.54 Å². The Kier molecular flexibility index (Phi) is 3.77. The number of hydrogen-bond donors (Lipinski definition) is 3. The second kappa shape index (κ2) is 5.36. The highest BCUT2D eigenvalue weighted by molar-refractivity contribution is 5.88. The van der Waals surface area contributed by atoms with Gasteiger partial charge in [0.2, 0.25) is 5.91 Å². The van der Waals surface area contributed by atoms with Crippen molar-refractivity contribution in [2.24, 2.45) is 11.1 Å². The zero-order chi connectivity index (χ0) is 16.0. The van der Waals surface area contributed by atoms with Crippen LogP contribution in [0.2, 0.25) is 0 Å². The van der Waals surface area contributed by atoms with Crippen LogP contribution in [0.3, 0.4) is 0 Å². The normalized spacial score (nSPS) is 32.7. The van der Waals surface area contributed by atoms with Crippen LogP contribution in [-0.2, 0) is 11.2 Å². The molecule has 1 aromatic rings. The molecule has 1 fully saturated rings. The first-order valence-electron chi connectivity index (χ1n) is 8.19. The Labute approximate surface area is 132 Å². The number of carbonyl (C=O) groups is 1. The van der Waals surface area contributed by atoms with Gasteiger partial charge < -0.3 is 16.2 Å². The van der Waals surface area contributed by atoms with Crippen LogP contribution in [0.1, 0.15) is 50.2 Å². The molecule has 4 heteroatoms. The largest absolute Gasteiger partial charge is 0.392 e. The minimum atomic E-state index is -0.958. The lowest BCUT2D eigenvalue weighted by Crippen LogP contribution is -2.75. The predicted molar refractivity (Wildman–Crippen MR) is 86.5 cm³/mol. The zero-order valence-electron chi connectivity index (χ0n) is 13.4. The van der Waals surface area contributed by atoms with E-state index in [2.05, 4.69) is 29.6 Å². The van der Waals surface area contributed by atoms with Crippen molar-refractivity contribution < 1.29 is 9.90 Å². The van der Waals surface area contributed by atoms with Crippen molar-refractivity contribution in [3.63, 3.8) is 0 Å². The molecule has 3 atom stereocenters. The molecule has 2 aliphatic carbocycles. The van der Waals surface area contributed by atoms with Gasteiger partial charge in [-0.05, 0) is 30.4 Å². The van der Waals surface area contributed by atoms with Crippen LogP contribution in [0, 0.1) is 5.41 Å². The standard InChI is InChI=1S/C18H26N2O2/c1-17(2)15(21)10-18(17,19)16(22)20-11-13-8-5-7-12-6-3-4-9-14(12)13/h3-4,6,9,13,15,21H,5,7-8,10-11,19H2,1-2H3,(H,20,22)/t13?,15-,18-/m0/s1. The van der Waals surface area contributed by atoms with Gasteiger partial charge in [-0.25, -0.2) is 0 Å². The number of fused-ring (bicyclic) bond motifs is 1. The molecule has 4 N–H and O–H groups in total. The van der Waals surface area contributed by atoms with E-state index in [1.54, 1.807) is 0 Å². The summed E-state index contributed by atoms with van der Waals surface area (Å²) in [6.07, 6.45) is 3.23. The predicted octanol–water partition coefficient (Wildman–Crippen LogP) is 1.71. The minimum Gasteiger partial charge on any atom is -0.392 e. The van der Waals surface area contributed by atoms with E-state index in [9.17, 15) is 9.90 Å². The quantitative estimate of drug-likeness (QED) is 0.795. The van der Waals surface area contributed by atoms with Crippen molar-refractivity contribution >= 4 is 5.91 Å². The summed E-state index contributed by atoms with van der Waals surface area (Å²) in [4.78, 5) is 12.5. The summed E-state index contributed by atoms with van der Waals surface area (Å²) in [5.41, 5.74) is 7.48. The van der Waals surface area contributed by atoms with Crippen LogP contribution in [-0.4, -0.2) is 29.2 Å². The van der Waals surface area contributed by atoms with Crippen molar-refractivity contribution in [2.75, 3.05) is 6.54 Å². The van der Waals surface area contributed by atoms with Gasteiger partial charge in [0.05, 0.1) is 6.10 Å². The second-order valence-corrected chi connectivity index (χ2v) is 7.41. The molecule has 0 bridgehead atoms. The van der Waals surface area contributed by atoms with E-state index < -0.39 is 17.1 Å². The fourth-order valence-electron chi connectivity index (χ4n) is 3.81. The molecule has 1 unspecified atom stereocenters. The minimum absolute atomic E-state index is 0.133. The van der Waals surface area contributed by atoms with Gasteiger partial charge in [0.15, 0.2) is 0 Å². The van der Waals surface area contributed by atoms with Gasteiger partial charge in [-0.2, -0.15) is 0 Å². The Balaban J connectivity index is 1.66. The highest BCUT2D eigenvalue weighted by Gasteiger charge is 2.61. The maximum atomic E-state index is 12.5. The summed E-state index contributed by atoms with van der Waals surface area (Å²) in [6.45, 7) is 4.34. The first-order chi connectivity index (χ1) is 10.4. The molecule has 22 heavy (non-hydrogen) atoms. The molecule has 0 radical (unpaired) electrons. The topological polar surface area (TPSA) is 75.3 Å². The van der Waals surface area contributed by atoms with Crippen LogP contribution in [0.5, 0.6) is 0 Å². The Hall–Kier alpha value is -1.39. The molecule has 4 nitrogen and oxygen atoms in total. The number of aryl methyl sites for hydroxylation is 1. The summed E-state index contributed by atoms with van der Waals surface area (Å²) < 4.78 is 0. The van der Waals surface area contributed by atoms with Gasteiger partial charge in [-0.3, -0.25) is 4.79 Å². The fourth-order valence-corrected chi connectivity index (χ4v) is 3.81. The van der Waals surface area contributed by atoms with Crippen LogP contribution in [0.25, 0.3) is 0 Å². The Morgan fingerprint density at radius 1 is 1.41 bits per heavy atom. The average molecular weight is 302 g/mol. The molecular weight excluding hydrogens is 276 g/mol. The number of carbonyl (C=O) groups excluding carboxylic acids is 1. The van der Waals surface area contributed by atoms with Crippen molar-refractivity contribution in [2.45, 2.75) is 57.1 Å². The van der Waals surface area contributed by atoms with Gasteiger partial charge in [-0.1, -0.05) is 38.1 Å². The van der Waals surface area contributed by atoms with E-state index >= 15 is 0 Å². The average Bonchev–Trinajstić information content (AvgIpc) is 2.52. The molecule has 0 aromatic heterocycles. The van der Waals surface area contributed by atoms with Crippen molar-refractivity contribution in [1.82, 2.24) is 5.32 Å². The third-order valence-corrected chi connectivity index (χ3v) is 5.91. The van der Waals surface area contributed by atoms with Gasteiger partial charge >= 0.3 is 0 Å². The number of benzene rings is 1. The van der Waals surface area contributed by atoms with E-state index in [0.717, 1.165) is 19.3 Å². The molecule has 1 saturated carbocycles. The molecule has 0 heterocycles. The van der Waals surface area contributed by atoms with Crippen molar-refractivity contribution in [1.29, 1.82) is 0 Å².